The van der Waals surface area contributed by atoms with Crippen molar-refractivity contribution in [2.45, 2.75) is 85.5 Å². The van der Waals surface area contributed by atoms with Crippen molar-refractivity contribution in [3.05, 3.63) is 94.5 Å². The zero-order valence-corrected chi connectivity index (χ0v) is 26.8. The summed E-state index contributed by atoms with van der Waals surface area (Å²) in [5.74, 6) is 0.957. The standard InChI is InChI=1S/C22H27ClNO2P.C10H14O.C2H6/c1-15(2)24-22(25)17-5-3-7-20(13-17)27-14-19-6-4-8-21(26-19)16-9-11-18(23)12-10-16;1-3-9-5-7-10(8-6-9)11-4-2;1-2/h3,5,7,9-13,15,19,21,27H,4,6,8,14H2,1-2H3,(H,24,25);5-8H,3-4H2,1-2H3;1-2H3. The van der Waals surface area contributed by atoms with E-state index in [0.29, 0.717) is 8.58 Å². The summed E-state index contributed by atoms with van der Waals surface area (Å²) >= 11 is 5.99. The predicted octanol–water partition coefficient (Wildman–Crippen LogP) is 8.77. The maximum Gasteiger partial charge on any atom is 0.251 e. The van der Waals surface area contributed by atoms with Gasteiger partial charge in [0.1, 0.15) is 5.75 Å². The second kappa shape index (κ2) is 18.9. The Kier molecular flexibility index (Phi) is 15.9. The number of rotatable bonds is 9. The summed E-state index contributed by atoms with van der Waals surface area (Å²) < 4.78 is 11.7. The maximum absolute atomic E-state index is 12.2. The molecule has 4 nitrogen and oxygen atoms in total. The molecule has 40 heavy (non-hydrogen) atoms. The Bertz CT molecular complexity index is 1120. The molecule has 4 rings (SSSR count). The van der Waals surface area contributed by atoms with Gasteiger partial charge in [-0.3, -0.25) is 4.79 Å². The van der Waals surface area contributed by atoms with Gasteiger partial charge in [0.15, 0.2) is 0 Å². The SMILES string of the molecule is CC.CC(C)NC(=O)c1cccc(PCC2CCCC(c3ccc(Cl)cc3)O2)c1.CCOc1ccc(CC)cc1. The predicted molar refractivity (Wildman–Crippen MR) is 173 cm³/mol. The Morgan fingerprint density at radius 2 is 1.73 bits per heavy atom. The first-order valence-corrected chi connectivity index (χ1v) is 16.2. The zero-order valence-electron chi connectivity index (χ0n) is 25.0. The van der Waals surface area contributed by atoms with E-state index >= 15 is 0 Å². The Labute approximate surface area is 249 Å². The molecule has 1 aliphatic heterocycles. The minimum absolute atomic E-state index is 0.00614. The van der Waals surface area contributed by atoms with Crippen molar-refractivity contribution in [1.29, 1.82) is 0 Å². The molecule has 1 saturated heterocycles. The lowest BCUT2D eigenvalue weighted by molar-refractivity contribution is -0.0391. The van der Waals surface area contributed by atoms with Gasteiger partial charge in [-0.1, -0.05) is 77.4 Å². The van der Waals surface area contributed by atoms with Gasteiger partial charge in [-0.2, -0.15) is 0 Å². The molecular formula is C34H47ClNO3P. The van der Waals surface area contributed by atoms with Gasteiger partial charge in [0.2, 0.25) is 0 Å². The largest absolute Gasteiger partial charge is 0.494 e. The number of hydrogen-bond acceptors (Lipinski definition) is 3. The van der Waals surface area contributed by atoms with Gasteiger partial charge in [0, 0.05) is 16.6 Å². The van der Waals surface area contributed by atoms with E-state index in [1.54, 1.807) is 0 Å². The number of benzene rings is 3. The molecular weight excluding hydrogens is 537 g/mol. The van der Waals surface area contributed by atoms with E-state index in [0.717, 1.165) is 48.4 Å². The molecule has 6 heteroatoms. The van der Waals surface area contributed by atoms with Crippen LogP contribution in [0.5, 0.6) is 5.75 Å². The second-order valence-electron chi connectivity index (χ2n) is 9.75. The highest BCUT2D eigenvalue weighted by Gasteiger charge is 2.23. The van der Waals surface area contributed by atoms with Gasteiger partial charge in [0.25, 0.3) is 5.91 Å². The van der Waals surface area contributed by atoms with Gasteiger partial charge >= 0.3 is 0 Å². The first-order chi connectivity index (χ1) is 19.4. The van der Waals surface area contributed by atoms with Crippen LogP contribution in [0.25, 0.3) is 0 Å². The van der Waals surface area contributed by atoms with Crippen molar-refractivity contribution in [2.75, 3.05) is 12.8 Å². The third-order valence-electron chi connectivity index (χ3n) is 6.31. The summed E-state index contributed by atoms with van der Waals surface area (Å²) in [6, 6.07) is 24.3. The molecule has 218 valence electrons. The molecule has 3 unspecified atom stereocenters. The lowest BCUT2D eigenvalue weighted by atomic mass is 9.99. The minimum Gasteiger partial charge on any atom is -0.494 e. The Morgan fingerprint density at radius 3 is 2.35 bits per heavy atom. The first kappa shape index (κ1) is 33.8. The highest BCUT2D eigenvalue weighted by molar-refractivity contribution is 7.47. The summed E-state index contributed by atoms with van der Waals surface area (Å²) in [7, 11) is 0.640. The van der Waals surface area contributed by atoms with E-state index in [2.05, 4.69) is 42.6 Å². The van der Waals surface area contributed by atoms with Gasteiger partial charge < -0.3 is 14.8 Å². The molecule has 3 aromatic carbocycles. The van der Waals surface area contributed by atoms with Crippen molar-refractivity contribution in [3.63, 3.8) is 0 Å². The van der Waals surface area contributed by atoms with E-state index in [-0.39, 0.29) is 24.2 Å². The van der Waals surface area contributed by atoms with Crippen LogP contribution in [0, 0.1) is 0 Å². The molecule has 0 bridgehead atoms. The van der Waals surface area contributed by atoms with Crippen LogP contribution in [0.2, 0.25) is 5.02 Å². The second-order valence-corrected chi connectivity index (χ2v) is 11.5. The molecule has 0 radical (unpaired) electrons. The number of nitrogens with one attached hydrogen (secondary N) is 1. The van der Waals surface area contributed by atoms with Crippen LogP contribution in [-0.4, -0.2) is 30.8 Å². The molecule has 1 aliphatic rings. The van der Waals surface area contributed by atoms with Crippen LogP contribution in [0.4, 0.5) is 0 Å². The van der Waals surface area contributed by atoms with Crippen LogP contribution in [0.1, 0.15) is 88.4 Å². The summed E-state index contributed by atoms with van der Waals surface area (Å²) in [6.07, 6.45) is 5.86. The molecule has 1 heterocycles. The van der Waals surface area contributed by atoms with Gasteiger partial charge in [-0.05, 0) is 105 Å². The molecule has 1 fully saturated rings. The Morgan fingerprint density at radius 1 is 1.02 bits per heavy atom. The van der Waals surface area contributed by atoms with Crippen LogP contribution < -0.4 is 15.4 Å². The average Bonchev–Trinajstić information content (AvgIpc) is 2.98. The third kappa shape index (κ3) is 12.0. The van der Waals surface area contributed by atoms with E-state index in [9.17, 15) is 4.79 Å². The lowest BCUT2D eigenvalue weighted by Crippen LogP contribution is -2.30. The van der Waals surface area contributed by atoms with Crippen LogP contribution >= 0.6 is 20.2 Å². The maximum atomic E-state index is 12.2. The smallest absolute Gasteiger partial charge is 0.251 e. The molecule has 0 spiro atoms. The number of halogens is 1. The number of carbonyl (C=O) groups is 1. The van der Waals surface area contributed by atoms with Gasteiger partial charge in [-0.15, -0.1) is 0 Å². The summed E-state index contributed by atoms with van der Waals surface area (Å²) in [4.78, 5) is 12.2. The lowest BCUT2D eigenvalue weighted by Gasteiger charge is -2.30. The number of aryl methyl sites for hydroxylation is 1. The van der Waals surface area contributed by atoms with Crippen molar-refractivity contribution in [2.24, 2.45) is 0 Å². The Balaban J connectivity index is 0.000000360. The fraction of sp³-hybridized carbons (Fsp3) is 0.441. The quantitative estimate of drug-likeness (QED) is 0.256. The van der Waals surface area contributed by atoms with Crippen molar-refractivity contribution >= 4 is 31.4 Å². The third-order valence-corrected chi connectivity index (χ3v) is 7.94. The number of carbonyl (C=O) groups excluding carboxylic acids is 1. The normalized spacial score (nSPS) is 16.5. The number of amides is 1. The van der Waals surface area contributed by atoms with Crippen LogP contribution in [-0.2, 0) is 11.2 Å². The molecule has 0 aliphatic carbocycles. The molecule has 0 aromatic heterocycles. The van der Waals surface area contributed by atoms with Gasteiger partial charge in [0.05, 0.1) is 18.8 Å². The van der Waals surface area contributed by atoms with E-state index in [4.69, 9.17) is 21.1 Å². The average molecular weight is 584 g/mol. The fourth-order valence-corrected chi connectivity index (χ4v) is 5.67. The number of ether oxygens (including phenoxy) is 2. The molecule has 1 amide bonds. The zero-order chi connectivity index (χ0) is 29.3. The van der Waals surface area contributed by atoms with Gasteiger partial charge in [-0.25, -0.2) is 0 Å². The first-order valence-electron chi connectivity index (χ1n) is 14.6. The molecule has 3 atom stereocenters. The summed E-state index contributed by atoms with van der Waals surface area (Å²) in [5, 5.41) is 4.92. The monoisotopic (exact) mass is 583 g/mol. The van der Waals surface area contributed by atoms with E-state index < -0.39 is 0 Å². The Hall–Kier alpha value is -2.39. The van der Waals surface area contributed by atoms with E-state index in [1.807, 2.05) is 77.1 Å². The fourth-order valence-electron chi connectivity index (χ4n) is 4.31. The van der Waals surface area contributed by atoms with Crippen LogP contribution in [0.3, 0.4) is 0 Å². The number of hydrogen-bond donors (Lipinski definition) is 1. The molecule has 1 N–H and O–H groups in total. The minimum atomic E-state index is -0.00614. The van der Waals surface area contributed by atoms with Crippen molar-refractivity contribution in [1.82, 2.24) is 5.32 Å². The summed E-state index contributed by atoms with van der Waals surface area (Å²) in [5.41, 5.74) is 3.30. The van der Waals surface area contributed by atoms with Crippen molar-refractivity contribution < 1.29 is 14.3 Å². The highest BCUT2D eigenvalue weighted by atomic mass is 35.5. The molecule has 3 aromatic rings. The topological polar surface area (TPSA) is 47.6 Å². The molecule has 0 saturated carbocycles. The van der Waals surface area contributed by atoms with Crippen molar-refractivity contribution in [3.8, 4) is 5.75 Å². The van der Waals surface area contributed by atoms with E-state index in [1.165, 1.54) is 22.9 Å². The highest BCUT2D eigenvalue weighted by Crippen LogP contribution is 2.33. The summed E-state index contributed by atoms with van der Waals surface area (Å²) in [6.45, 7) is 12.8. The van der Waals surface area contributed by atoms with Crippen LogP contribution in [0.15, 0.2) is 72.8 Å².